The molecule has 1 fully saturated rings. The van der Waals surface area contributed by atoms with Crippen LogP contribution in [0.5, 0.6) is 0 Å². The summed E-state index contributed by atoms with van der Waals surface area (Å²) >= 11 is 1.70. The molecular formula is C20H24N2O3S. The van der Waals surface area contributed by atoms with Crippen LogP contribution in [0, 0.1) is 0 Å². The summed E-state index contributed by atoms with van der Waals surface area (Å²) in [7, 11) is 1.36. The molecule has 138 valence electrons. The monoisotopic (exact) mass is 372 g/mol. The summed E-state index contributed by atoms with van der Waals surface area (Å²) in [4.78, 5) is 26.4. The van der Waals surface area contributed by atoms with Gasteiger partial charge in [0.1, 0.15) is 0 Å². The lowest BCUT2D eigenvalue weighted by atomic mass is 10.1. The second kappa shape index (κ2) is 8.47. The number of thiophene rings is 1. The van der Waals surface area contributed by atoms with Crippen molar-refractivity contribution in [3.8, 4) is 0 Å². The number of benzene rings is 1. The summed E-state index contributed by atoms with van der Waals surface area (Å²) in [5.74, 6) is -0.327. The molecule has 2 aromatic rings. The first-order valence-electron chi connectivity index (χ1n) is 8.83. The van der Waals surface area contributed by atoms with Crippen molar-refractivity contribution >= 4 is 23.2 Å². The topological polar surface area (TPSA) is 58.6 Å². The normalized spacial score (nSPS) is 18.5. The lowest BCUT2D eigenvalue weighted by Gasteiger charge is -2.29. The van der Waals surface area contributed by atoms with E-state index >= 15 is 0 Å². The van der Waals surface area contributed by atoms with Crippen LogP contribution in [0.25, 0.3) is 0 Å². The van der Waals surface area contributed by atoms with E-state index < -0.39 is 0 Å². The number of likely N-dealkylation sites (tertiary alicyclic amines) is 1. The Labute approximate surface area is 158 Å². The minimum atomic E-state index is -0.359. The average Bonchev–Trinajstić information content (AvgIpc) is 3.36. The maximum atomic E-state index is 12.6. The molecule has 1 saturated heterocycles. The predicted octanol–water partition coefficient (Wildman–Crippen LogP) is 3.38. The van der Waals surface area contributed by atoms with Gasteiger partial charge in [-0.15, -0.1) is 0 Å². The molecule has 1 aromatic carbocycles. The van der Waals surface area contributed by atoms with E-state index in [0.717, 1.165) is 24.9 Å². The van der Waals surface area contributed by atoms with Crippen molar-refractivity contribution in [2.24, 2.45) is 0 Å². The highest BCUT2D eigenvalue weighted by molar-refractivity contribution is 7.07. The molecule has 5 nitrogen and oxygen atoms in total. The number of ether oxygens (including phenoxy) is 1. The number of hydrogen-bond donors (Lipinski definition) is 1. The van der Waals surface area contributed by atoms with E-state index in [1.807, 2.05) is 19.1 Å². The van der Waals surface area contributed by atoms with E-state index in [0.29, 0.717) is 18.2 Å². The van der Waals surface area contributed by atoms with Crippen molar-refractivity contribution < 1.29 is 14.3 Å². The summed E-state index contributed by atoms with van der Waals surface area (Å²) in [6.45, 7) is 3.37. The molecule has 1 aliphatic heterocycles. The first-order valence-corrected chi connectivity index (χ1v) is 9.77. The van der Waals surface area contributed by atoms with Crippen molar-refractivity contribution in [3.63, 3.8) is 0 Å². The molecule has 0 unspecified atom stereocenters. The third-order valence-electron chi connectivity index (χ3n) is 4.94. The molecule has 1 aromatic heterocycles. The van der Waals surface area contributed by atoms with Crippen LogP contribution < -0.4 is 5.32 Å². The van der Waals surface area contributed by atoms with Gasteiger partial charge in [0.2, 0.25) is 5.91 Å². The minimum Gasteiger partial charge on any atom is -0.465 e. The van der Waals surface area contributed by atoms with Gasteiger partial charge in [0, 0.05) is 12.6 Å². The van der Waals surface area contributed by atoms with E-state index in [2.05, 4.69) is 31.8 Å². The number of carbonyl (C=O) groups excluding carboxylic acids is 2. The van der Waals surface area contributed by atoms with Gasteiger partial charge >= 0.3 is 5.97 Å². The SMILES string of the molecule is COC(=O)c1ccc(CNC(=O)[C@@H](C)N2CCC[C@@H]2c2ccsc2)cc1. The van der Waals surface area contributed by atoms with Crippen molar-refractivity contribution in [2.75, 3.05) is 13.7 Å². The fourth-order valence-electron chi connectivity index (χ4n) is 3.44. The Morgan fingerprint density at radius 3 is 2.73 bits per heavy atom. The second-order valence-electron chi connectivity index (χ2n) is 6.53. The molecule has 0 radical (unpaired) electrons. The predicted molar refractivity (Wildman–Crippen MR) is 102 cm³/mol. The van der Waals surface area contributed by atoms with Crippen molar-refractivity contribution in [2.45, 2.75) is 38.4 Å². The van der Waals surface area contributed by atoms with Crippen LogP contribution in [0.15, 0.2) is 41.1 Å². The van der Waals surface area contributed by atoms with Gasteiger partial charge in [-0.25, -0.2) is 4.79 Å². The van der Waals surface area contributed by atoms with Gasteiger partial charge in [-0.3, -0.25) is 9.69 Å². The maximum Gasteiger partial charge on any atom is 0.337 e. The highest BCUT2D eigenvalue weighted by Crippen LogP contribution is 2.34. The highest BCUT2D eigenvalue weighted by atomic mass is 32.1. The number of nitrogens with one attached hydrogen (secondary N) is 1. The molecular weight excluding hydrogens is 348 g/mol. The van der Waals surface area contributed by atoms with E-state index in [9.17, 15) is 9.59 Å². The van der Waals surface area contributed by atoms with Gasteiger partial charge in [-0.2, -0.15) is 11.3 Å². The lowest BCUT2D eigenvalue weighted by Crippen LogP contribution is -2.44. The van der Waals surface area contributed by atoms with E-state index in [-0.39, 0.29) is 17.9 Å². The van der Waals surface area contributed by atoms with Gasteiger partial charge in [-0.1, -0.05) is 12.1 Å². The molecule has 0 saturated carbocycles. The zero-order chi connectivity index (χ0) is 18.5. The Hall–Kier alpha value is -2.18. The zero-order valence-corrected chi connectivity index (χ0v) is 15.9. The highest BCUT2D eigenvalue weighted by Gasteiger charge is 2.32. The molecule has 0 aliphatic carbocycles. The summed E-state index contributed by atoms with van der Waals surface area (Å²) in [6, 6.07) is 9.41. The Bertz CT molecular complexity index is 743. The van der Waals surface area contributed by atoms with Crippen LogP contribution in [0.2, 0.25) is 0 Å². The van der Waals surface area contributed by atoms with Gasteiger partial charge < -0.3 is 10.1 Å². The average molecular weight is 372 g/mol. The number of hydrogen-bond acceptors (Lipinski definition) is 5. The summed E-state index contributed by atoms with van der Waals surface area (Å²) in [6.07, 6.45) is 2.22. The third-order valence-corrected chi connectivity index (χ3v) is 5.64. The molecule has 1 amide bonds. The fraction of sp³-hybridized carbons (Fsp3) is 0.400. The smallest absolute Gasteiger partial charge is 0.337 e. The summed E-state index contributed by atoms with van der Waals surface area (Å²) in [5.41, 5.74) is 2.77. The fourth-order valence-corrected chi connectivity index (χ4v) is 4.15. The van der Waals surface area contributed by atoms with E-state index in [1.165, 1.54) is 12.7 Å². The maximum absolute atomic E-state index is 12.6. The lowest BCUT2D eigenvalue weighted by molar-refractivity contribution is -0.126. The van der Waals surface area contributed by atoms with Gasteiger partial charge in [0.15, 0.2) is 0 Å². The number of nitrogens with zero attached hydrogens (tertiary/aromatic N) is 1. The number of carbonyl (C=O) groups is 2. The molecule has 1 aliphatic rings. The van der Waals surface area contributed by atoms with Crippen LogP contribution in [-0.4, -0.2) is 36.5 Å². The number of rotatable bonds is 6. The van der Waals surface area contributed by atoms with Crippen molar-refractivity contribution in [1.29, 1.82) is 0 Å². The van der Waals surface area contributed by atoms with Crippen LogP contribution in [0.1, 0.15) is 47.3 Å². The van der Waals surface area contributed by atoms with Gasteiger partial charge in [-0.05, 0) is 66.4 Å². The molecule has 2 atom stereocenters. The van der Waals surface area contributed by atoms with E-state index in [4.69, 9.17) is 0 Å². The molecule has 0 bridgehead atoms. The van der Waals surface area contributed by atoms with Gasteiger partial charge in [0.25, 0.3) is 0 Å². The van der Waals surface area contributed by atoms with Gasteiger partial charge in [0.05, 0.1) is 18.7 Å². The first-order chi connectivity index (χ1) is 12.6. The zero-order valence-electron chi connectivity index (χ0n) is 15.1. The Kier molecular flexibility index (Phi) is 6.06. The van der Waals surface area contributed by atoms with Crippen LogP contribution in [-0.2, 0) is 16.1 Å². The Balaban J connectivity index is 1.56. The summed E-state index contributed by atoms with van der Waals surface area (Å²) < 4.78 is 4.69. The standard InChI is InChI=1S/C20H24N2O3S/c1-14(22-10-3-4-18(22)17-9-11-26-13-17)19(23)21-12-15-5-7-16(8-6-15)20(24)25-2/h5-9,11,13-14,18H,3-4,10,12H2,1-2H3,(H,21,23)/t14-,18-/m1/s1. The molecule has 26 heavy (non-hydrogen) atoms. The molecule has 6 heteroatoms. The summed E-state index contributed by atoms with van der Waals surface area (Å²) in [5, 5.41) is 7.28. The minimum absolute atomic E-state index is 0.0316. The third kappa shape index (κ3) is 4.14. The second-order valence-corrected chi connectivity index (χ2v) is 7.31. The molecule has 3 rings (SSSR count). The van der Waals surface area contributed by atoms with E-state index in [1.54, 1.807) is 23.5 Å². The quantitative estimate of drug-likeness (QED) is 0.790. The van der Waals surface area contributed by atoms with Crippen LogP contribution in [0.4, 0.5) is 0 Å². The molecule has 2 heterocycles. The largest absolute Gasteiger partial charge is 0.465 e. The van der Waals surface area contributed by atoms with Crippen LogP contribution >= 0.6 is 11.3 Å². The van der Waals surface area contributed by atoms with Crippen molar-refractivity contribution in [1.82, 2.24) is 10.2 Å². The number of amides is 1. The Morgan fingerprint density at radius 2 is 2.08 bits per heavy atom. The van der Waals surface area contributed by atoms with Crippen LogP contribution in [0.3, 0.4) is 0 Å². The number of methoxy groups -OCH3 is 1. The molecule has 1 N–H and O–H groups in total. The first kappa shape index (κ1) is 18.6. The number of esters is 1. The van der Waals surface area contributed by atoms with Crippen molar-refractivity contribution in [3.05, 3.63) is 57.8 Å². The molecule has 0 spiro atoms. The Morgan fingerprint density at radius 1 is 1.31 bits per heavy atom.